The summed E-state index contributed by atoms with van der Waals surface area (Å²) in [7, 11) is 0. The summed E-state index contributed by atoms with van der Waals surface area (Å²) in [5.74, 6) is 0.414. The Labute approximate surface area is 159 Å². The monoisotopic (exact) mass is 365 g/mol. The second-order valence-electron chi connectivity index (χ2n) is 7.82. The first kappa shape index (κ1) is 17.8. The van der Waals surface area contributed by atoms with Gasteiger partial charge in [-0.05, 0) is 59.7 Å². The van der Waals surface area contributed by atoms with Crippen LogP contribution in [0.25, 0.3) is 0 Å². The van der Waals surface area contributed by atoms with Gasteiger partial charge in [0.15, 0.2) is 0 Å². The summed E-state index contributed by atoms with van der Waals surface area (Å²) in [6.07, 6.45) is 5.39. The zero-order chi connectivity index (χ0) is 19.0. The predicted octanol–water partition coefficient (Wildman–Crippen LogP) is 5.47. The van der Waals surface area contributed by atoms with E-state index in [1.807, 2.05) is 44.2 Å². The second kappa shape index (κ2) is 7.18. The number of ether oxygens (including phenoxy) is 1. The summed E-state index contributed by atoms with van der Waals surface area (Å²) in [4.78, 5) is 12.3. The van der Waals surface area contributed by atoms with E-state index in [9.17, 15) is 9.18 Å². The van der Waals surface area contributed by atoms with Crippen molar-refractivity contribution in [2.45, 2.75) is 32.2 Å². The van der Waals surface area contributed by atoms with Crippen LogP contribution in [-0.2, 0) is 4.74 Å². The summed E-state index contributed by atoms with van der Waals surface area (Å²) >= 11 is 0. The van der Waals surface area contributed by atoms with Gasteiger partial charge in [0.05, 0.1) is 18.2 Å². The summed E-state index contributed by atoms with van der Waals surface area (Å²) in [6.45, 7) is 4.47. The van der Waals surface area contributed by atoms with Gasteiger partial charge in [0.2, 0.25) is 0 Å². The molecule has 1 aliphatic carbocycles. The maximum atomic E-state index is 13.3. The lowest BCUT2D eigenvalue weighted by atomic mass is 9.76. The molecule has 1 heterocycles. The van der Waals surface area contributed by atoms with Gasteiger partial charge >= 0.3 is 5.97 Å². The number of rotatable bonds is 4. The minimum Gasteiger partial charge on any atom is -0.462 e. The third-order valence-corrected chi connectivity index (χ3v) is 5.38. The standard InChI is InChI=1S/C23H24FNO2/c1-14(2)13-27-23(26)16-8-11-21-20(12-16)18-4-3-5-19(18)22(25-21)15-6-9-17(24)10-7-15/h3-4,6-12,14,18-19,22,25H,5,13H2,1-2H3/t18-,19+,22-/m0/s1. The SMILES string of the molecule is CC(C)COC(=O)c1ccc2c(c1)[C@H]1C=CC[C@H]1[C@H](c1ccc(F)cc1)N2. The first-order chi connectivity index (χ1) is 13.0. The molecule has 2 aromatic rings. The molecule has 0 bridgehead atoms. The Balaban J connectivity index is 1.63. The van der Waals surface area contributed by atoms with Crippen molar-refractivity contribution < 1.29 is 13.9 Å². The molecule has 0 spiro atoms. The van der Waals surface area contributed by atoms with Crippen LogP contribution in [0.5, 0.6) is 0 Å². The van der Waals surface area contributed by atoms with Crippen LogP contribution in [0, 0.1) is 17.7 Å². The lowest BCUT2D eigenvalue weighted by molar-refractivity contribution is 0.0459. The highest BCUT2D eigenvalue weighted by atomic mass is 19.1. The number of hydrogen-bond donors (Lipinski definition) is 1. The molecule has 2 aliphatic rings. The highest BCUT2D eigenvalue weighted by Crippen LogP contribution is 2.49. The fourth-order valence-corrected chi connectivity index (χ4v) is 4.05. The molecule has 2 aromatic carbocycles. The number of fused-ring (bicyclic) bond motifs is 3. The smallest absolute Gasteiger partial charge is 0.338 e. The molecule has 0 saturated carbocycles. The highest BCUT2D eigenvalue weighted by Gasteiger charge is 2.38. The largest absolute Gasteiger partial charge is 0.462 e. The molecule has 3 atom stereocenters. The Bertz CT molecular complexity index is 872. The van der Waals surface area contributed by atoms with Crippen LogP contribution < -0.4 is 5.32 Å². The topological polar surface area (TPSA) is 38.3 Å². The first-order valence-electron chi connectivity index (χ1n) is 9.52. The number of nitrogens with one attached hydrogen (secondary N) is 1. The van der Waals surface area contributed by atoms with Crippen LogP contribution >= 0.6 is 0 Å². The molecule has 4 rings (SSSR count). The van der Waals surface area contributed by atoms with Gasteiger partial charge in [-0.1, -0.05) is 38.1 Å². The zero-order valence-electron chi connectivity index (χ0n) is 15.6. The summed E-state index contributed by atoms with van der Waals surface area (Å²) in [5, 5.41) is 3.61. The van der Waals surface area contributed by atoms with E-state index >= 15 is 0 Å². The van der Waals surface area contributed by atoms with E-state index in [0.717, 1.165) is 23.2 Å². The van der Waals surface area contributed by atoms with Gasteiger partial charge in [0.1, 0.15) is 5.82 Å². The van der Waals surface area contributed by atoms with E-state index < -0.39 is 0 Å². The summed E-state index contributed by atoms with van der Waals surface area (Å²) < 4.78 is 18.7. The second-order valence-corrected chi connectivity index (χ2v) is 7.82. The Hall–Kier alpha value is -2.62. The summed E-state index contributed by atoms with van der Waals surface area (Å²) in [6, 6.07) is 12.6. The van der Waals surface area contributed by atoms with E-state index in [1.165, 1.54) is 12.1 Å². The highest BCUT2D eigenvalue weighted by molar-refractivity contribution is 5.90. The fourth-order valence-electron chi connectivity index (χ4n) is 4.05. The van der Waals surface area contributed by atoms with Crippen molar-refractivity contribution in [1.82, 2.24) is 0 Å². The van der Waals surface area contributed by atoms with Gasteiger partial charge < -0.3 is 10.1 Å². The molecule has 0 amide bonds. The van der Waals surface area contributed by atoms with Crippen LogP contribution in [0.2, 0.25) is 0 Å². The van der Waals surface area contributed by atoms with Gasteiger partial charge in [0.25, 0.3) is 0 Å². The zero-order valence-corrected chi connectivity index (χ0v) is 15.6. The minimum absolute atomic E-state index is 0.122. The third-order valence-electron chi connectivity index (χ3n) is 5.38. The molecular weight excluding hydrogens is 341 g/mol. The van der Waals surface area contributed by atoms with Crippen molar-refractivity contribution in [3.8, 4) is 0 Å². The van der Waals surface area contributed by atoms with Crippen LogP contribution in [0.3, 0.4) is 0 Å². The lowest BCUT2D eigenvalue weighted by Gasteiger charge is -2.37. The number of anilines is 1. The van der Waals surface area contributed by atoms with E-state index in [2.05, 4.69) is 17.5 Å². The first-order valence-corrected chi connectivity index (χ1v) is 9.52. The number of allylic oxidation sites excluding steroid dienone is 2. The Morgan fingerprint density at radius 1 is 1.22 bits per heavy atom. The Morgan fingerprint density at radius 3 is 2.74 bits per heavy atom. The van der Waals surface area contributed by atoms with Crippen molar-refractivity contribution in [3.63, 3.8) is 0 Å². The van der Waals surface area contributed by atoms with Crippen LogP contribution in [0.4, 0.5) is 10.1 Å². The molecule has 1 aliphatic heterocycles. The lowest BCUT2D eigenvalue weighted by Crippen LogP contribution is -2.29. The third kappa shape index (κ3) is 3.48. The van der Waals surface area contributed by atoms with Gasteiger partial charge in [0, 0.05) is 11.6 Å². The van der Waals surface area contributed by atoms with Crippen LogP contribution in [0.15, 0.2) is 54.6 Å². The number of carbonyl (C=O) groups is 1. The number of benzene rings is 2. The van der Waals surface area contributed by atoms with Crippen molar-refractivity contribution in [2.24, 2.45) is 11.8 Å². The number of esters is 1. The Morgan fingerprint density at radius 2 is 2.00 bits per heavy atom. The molecule has 27 heavy (non-hydrogen) atoms. The molecule has 0 unspecified atom stereocenters. The molecule has 4 heteroatoms. The van der Waals surface area contributed by atoms with Crippen molar-refractivity contribution in [2.75, 3.05) is 11.9 Å². The van der Waals surface area contributed by atoms with Gasteiger partial charge in [-0.3, -0.25) is 0 Å². The molecule has 0 saturated heterocycles. The molecule has 1 N–H and O–H groups in total. The minimum atomic E-state index is -0.273. The predicted molar refractivity (Wildman–Crippen MR) is 104 cm³/mol. The average Bonchev–Trinajstić information content (AvgIpc) is 3.16. The molecule has 0 radical (unpaired) electrons. The molecule has 0 aromatic heterocycles. The summed E-state index contributed by atoms with van der Waals surface area (Å²) in [5.41, 5.74) is 3.83. The van der Waals surface area contributed by atoms with E-state index in [1.54, 1.807) is 0 Å². The molecule has 140 valence electrons. The maximum absolute atomic E-state index is 13.3. The van der Waals surface area contributed by atoms with Gasteiger partial charge in [-0.15, -0.1) is 0 Å². The average molecular weight is 365 g/mol. The van der Waals surface area contributed by atoms with Crippen molar-refractivity contribution >= 4 is 11.7 Å². The fraction of sp³-hybridized carbons (Fsp3) is 0.348. The number of carbonyl (C=O) groups excluding carboxylic acids is 1. The maximum Gasteiger partial charge on any atom is 0.338 e. The van der Waals surface area contributed by atoms with Crippen LogP contribution in [0.1, 0.15) is 53.7 Å². The Kier molecular flexibility index (Phi) is 4.73. The van der Waals surface area contributed by atoms with Crippen LogP contribution in [-0.4, -0.2) is 12.6 Å². The van der Waals surface area contributed by atoms with Gasteiger partial charge in [-0.25, -0.2) is 9.18 Å². The molecular formula is C23H24FNO2. The normalized spacial score (nSPS) is 22.9. The van der Waals surface area contributed by atoms with E-state index in [4.69, 9.17) is 4.74 Å². The number of hydrogen-bond acceptors (Lipinski definition) is 3. The van der Waals surface area contributed by atoms with Crippen molar-refractivity contribution in [3.05, 3.63) is 77.1 Å². The van der Waals surface area contributed by atoms with E-state index in [0.29, 0.717) is 24.0 Å². The van der Waals surface area contributed by atoms with Gasteiger partial charge in [-0.2, -0.15) is 0 Å². The molecule has 3 nitrogen and oxygen atoms in total. The van der Waals surface area contributed by atoms with E-state index in [-0.39, 0.29) is 23.7 Å². The van der Waals surface area contributed by atoms with Crippen molar-refractivity contribution in [1.29, 1.82) is 0 Å². The molecule has 0 fully saturated rings. The quantitative estimate of drug-likeness (QED) is 0.577. The number of halogens is 1.